The highest BCUT2D eigenvalue weighted by molar-refractivity contribution is 5.91. The molecule has 5 nitrogen and oxygen atoms in total. The smallest absolute Gasteiger partial charge is 0.228 e. The number of anilines is 3. The lowest BCUT2D eigenvalue weighted by atomic mass is 10.1. The average Bonchev–Trinajstić information content (AvgIpc) is 2.46. The van der Waals surface area contributed by atoms with Gasteiger partial charge in [0.2, 0.25) is 5.91 Å². The average molecular weight is 284 g/mol. The van der Waals surface area contributed by atoms with E-state index in [-0.39, 0.29) is 11.8 Å². The third kappa shape index (κ3) is 3.78. The molecule has 21 heavy (non-hydrogen) atoms. The lowest BCUT2D eigenvalue weighted by Crippen LogP contribution is -2.18. The standard InChI is InChI=1S/C16H20N4O/c1-10(2)16(21)18-15-9-8-14(19-20-15)17-13-7-5-6-11(3)12(13)4/h5-10H,1-4H3,(H,17,19)(H,18,20,21). The summed E-state index contributed by atoms with van der Waals surface area (Å²) in [6, 6.07) is 9.59. The number of carbonyl (C=O) groups is 1. The zero-order valence-corrected chi connectivity index (χ0v) is 12.8. The van der Waals surface area contributed by atoms with Crippen LogP contribution in [0.25, 0.3) is 0 Å². The molecule has 2 aromatic rings. The van der Waals surface area contributed by atoms with Gasteiger partial charge in [-0.2, -0.15) is 0 Å². The maximum atomic E-state index is 11.6. The molecular formula is C16H20N4O. The minimum Gasteiger partial charge on any atom is -0.339 e. The van der Waals surface area contributed by atoms with Gasteiger partial charge in [0.1, 0.15) is 0 Å². The second kappa shape index (κ2) is 6.35. The molecule has 1 heterocycles. The van der Waals surface area contributed by atoms with Gasteiger partial charge in [-0.3, -0.25) is 4.79 Å². The van der Waals surface area contributed by atoms with Crippen LogP contribution < -0.4 is 10.6 Å². The summed E-state index contributed by atoms with van der Waals surface area (Å²) in [6.07, 6.45) is 0. The summed E-state index contributed by atoms with van der Waals surface area (Å²) in [6.45, 7) is 7.79. The molecule has 0 aliphatic heterocycles. The lowest BCUT2D eigenvalue weighted by Gasteiger charge is -2.11. The maximum absolute atomic E-state index is 11.6. The number of aromatic nitrogens is 2. The van der Waals surface area contributed by atoms with E-state index in [1.165, 1.54) is 11.1 Å². The second-order valence-electron chi connectivity index (χ2n) is 5.32. The topological polar surface area (TPSA) is 66.9 Å². The molecule has 1 aromatic heterocycles. The van der Waals surface area contributed by atoms with Gasteiger partial charge >= 0.3 is 0 Å². The van der Waals surface area contributed by atoms with Crippen LogP contribution in [0.4, 0.5) is 17.3 Å². The summed E-state index contributed by atoms with van der Waals surface area (Å²) >= 11 is 0. The molecule has 0 saturated heterocycles. The van der Waals surface area contributed by atoms with Gasteiger partial charge in [0.15, 0.2) is 11.6 Å². The predicted molar refractivity (Wildman–Crippen MR) is 84.7 cm³/mol. The quantitative estimate of drug-likeness (QED) is 0.902. The van der Waals surface area contributed by atoms with Crippen molar-refractivity contribution >= 4 is 23.2 Å². The van der Waals surface area contributed by atoms with E-state index in [0.29, 0.717) is 11.6 Å². The number of carbonyl (C=O) groups excluding carboxylic acids is 1. The Bertz CT molecular complexity index is 635. The molecule has 1 aromatic carbocycles. The normalized spacial score (nSPS) is 10.5. The van der Waals surface area contributed by atoms with E-state index in [9.17, 15) is 4.79 Å². The molecule has 5 heteroatoms. The Morgan fingerprint density at radius 3 is 2.33 bits per heavy atom. The molecular weight excluding hydrogens is 264 g/mol. The van der Waals surface area contributed by atoms with Gasteiger partial charge in [0.25, 0.3) is 0 Å². The van der Waals surface area contributed by atoms with Gasteiger partial charge < -0.3 is 10.6 Å². The van der Waals surface area contributed by atoms with Crippen LogP contribution in [-0.4, -0.2) is 16.1 Å². The highest BCUT2D eigenvalue weighted by atomic mass is 16.1. The number of nitrogens with one attached hydrogen (secondary N) is 2. The number of amides is 1. The summed E-state index contributed by atoms with van der Waals surface area (Å²) in [5, 5.41) is 14.0. The first kappa shape index (κ1) is 15.0. The van der Waals surface area contributed by atoms with Crippen LogP contribution in [0.5, 0.6) is 0 Å². The SMILES string of the molecule is Cc1cccc(Nc2ccc(NC(=O)C(C)C)nn2)c1C. The molecule has 0 atom stereocenters. The van der Waals surface area contributed by atoms with Crippen molar-refractivity contribution in [3.8, 4) is 0 Å². The Kier molecular flexibility index (Phi) is 4.52. The van der Waals surface area contributed by atoms with Crippen molar-refractivity contribution in [1.29, 1.82) is 0 Å². The van der Waals surface area contributed by atoms with Gasteiger partial charge in [0, 0.05) is 11.6 Å². The van der Waals surface area contributed by atoms with E-state index >= 15 is 0 Å². The fourth-order valence-corrected chi connectivity index (χ4v) is 1.76. The van der Waals surface area contributed by atoms with Crippen molar-refractivity contribution in [2.24, 2.45) is 5.92 Å². The van der Waals surface area contributed by atoms with Gasteiger partial charge in [-0.25, -0.2) is 0 Å². The molecule has 0 saturated carbocycles. The van der Waals surface area contributed by atoms with Gasteiger partial charge in [-0.1, -0.05) is 26.0 Å². The monoisotopic (exact) mass is 284 g/mol. The van der Waals surface area contributed by atoms with Crippen LogP contribution in [0, 0.1) is 19.8 Å². The molecule has 2 rings (SSSR count). The third-order valence-electron chi connectivity index (χ3n) is 3.31. The Morgan fingerprint density at radius 2 is 1.71 bits per heavy atom. The molecule has 110 valence electrons. The van der Waals surface area contributed by atoms with Crippen LogP contribution in [-0.2, 0) is 4.79 Å². The molecule has 0 aliphatic rings. The number of hydrogen-bond acceptors (Lipinski definition) is 4. The van der Waals surface area contributed by atoms with Gasteiger partial charge in [0.05, 0.1) is 0 Å². The largest absolute Gasteiger partial charge is 0.339 e. The third-order valence-corrected chi connectivity index (χ3v) is 3.31. The number of nitrogens with zero attached hydrogens (tertiary/aromatic N) is 2. The number of benzene rings is 1. The van der Waals surface area contributed by atoms with Crippen molar-refractivity contribution < 1.29 is 4.79 Å². The summed E-state index contributed by atoms with van der Waals surface area (Å²) < 4.78 is 0. The molecule has 0 fully saturated rings. The van der Waals surface area contributed by atoms with Crippen molar-refractivity contribution in [2.75, 3.05) is 10.6 Å². The zero-order valence-electron chi connectivity index (χ0n) is 12.8. The second-order valence-corrected chi connectivity index (χ2v) is 5.32. The van der Waals surface area contributed by atoms with Gasteiger partial charge in [-0.15, -0.1) is 10.2 Å². The first-order valence-electron chi connectivity index (χ1n) is 6.95. The van der Waals surface area contributed by atoms with E-state index < -0.39 is 0 Å². The van der Waals surface area contributed by atoms with Gasteiger partial charge in [-0.05, 0) is 43.2 Å². The van der Waals surface area contributed by atoms with Crippen LogP contribution >= 0.6 is 0 Å². The first-order chi connectivity index (χ1) is 9.97. The van der Waals surface area contributed by atoms with Crippen molar-refractivity contribution in [1.82, 2.24) is 10.2 Å². The summed E-state index contributed by atoms with van der Waals surface area (Å²) in [4.78, 5) is 11.6. The summed E-state index contributed by atoms with van der Waals surface area (Å²) in [5.41, 5.74) is 3.40. The molecule has 0 unspecified atom stereocenters. The fraction of sp³-hybridized carbons (Fsp3) is 0.312. The Labute approximate surface area is 124 Å². The lowest BCUT2D eigenvalue weighted by molar-refractivity contribution is -0.118. The highest BCUT2D eigenvalue weighted by Gasteiger charge is 2.08. The molecule has 1 amide bonds. The van der Waals surface area contributed by atoms with Crippen LogP contribution in [0.2, 0.25) is 0 Å². The van der Waals surface area contributed by atoms with Crippen LogP contribution in [0.15, 0.2) is 30.3 Å². The Hall–Kier alpha value is -2.43. The summed E-state index contributed by atoms with van der Waals surface area (Å²) in [7, 11) is 0. The molecule has 2 N–H and O–H groups in total. The number of aryl methyl sites for hydroxylation is 1. The fourth-order valence-electron chi connectivity index (χ4n) is 1.76. The van der Waals surface area contributed by atoms with E-state index in [1.54, 1.807) is 12.1 Å². The van der Waals surface area contributed by atoms with Crippen LogP contribution in [0.1, 0.15) is 25.0 Å². The van der Waals surface area contributed by atoms with E-state index in [1.807, 2.05) is 26.0 Å². The summed E-state index contributed by atoms with van der Waals surface area (Å²) in [5.74, 6) is 0.950. The van der Waals surface area contributed by atoms with Crippen molar-refractivity contribution in [3.05, 3.63) is 41.5 Å². The Morgan fingerprint density at radius 1 is 1.05 bits per heavy atom. The van der Waals surface area contributed by atoms with E-state index in [4.69, 9.17) is 0 Å². The van der Waals surface area contributed by atoms with E-state index in [0.717, 1.165) is 5.69 Å². The Balaban J connectivity index is 2.09. The number of rotatable bonds is 4. The molecule has 0 aliphatic carbocycles. The zero-order chi connectivity index (χ0) is 15.4. The molecule has 0 spiro atoms. The van der Waals surface area contributed by atoms with E-state index in [2.05, 4.69) is 40.7 Å². The molecule has 0 bridgehead atoms. The number of hydrogen-bond donors (Lipinski definition) is 2. The minimum absolute atomic E-state index is 0.0699. The maximum Gasteiger partial charge on any atom is 0.228 e. The minimum atomic E-state index is -0.0838. The van der Waals surface area contributed by atoms with Crippen LogP contribution in [0.3, 0.4) is 0 Å². The predicted octanol–water partition coefficient (Wildman–Crippen LogP) is 3.43. The van der Waals surface area contributed by atoms with Crippen molar-refractivity contribution in [2.45, 2.75) is 27.7 Å². The first-order valence-corrected chi connectivity index (χ1v) is 6.95. The van der Waals surface area contributed by atoms with Crippen molar-refractivity contribution in [3.63, 3.8) is 0 Å². The molecule has 0 radical (unpaired) electrons. The highest BCUT2D eigenvalue weighted by Crippen LogP contribution is 2.21.